The van der Waals surface area contributed by atoms with Gasteiger partial charge in [-0.2, -0.15) is 0 Å². The van der Waals surface area contributed by atoms with Gasteiger partial charge in [0.15, 0.2) is 11.6 Å². The monoisotopic (exact) mass is 282 g/mol. The number of ether oxygens (including phenoxy) is 1. The zero-order valence-electron chi connectivity index (χ0n) is 13.2. The molecule has 0 aromatic heterocycles. The van der Waals surface area contributed by atoms with E-state index in [0.29, 0.717) is 17.6 Å². The maximum absolute atomic E-state index is 13.7. The van der Waals surface area contributed by atoms with Crippen LogP contribution in [0.15, 0.2) is 12.1 Å². The fourth-order valence-corrected chi connectivity index (χ4v) is 2.53. The molecule has 2 N–H and O–H groups in total. The first-order valence-electron chi connectivity index (χ1n) is 7.34. The van der Waals surface area contributed by atoms with Crippen molar-refractivity contribution in [1.82, 2.24) is 0 Å². The lowest BCUT2D eigenvalue weighted by Crippen LogP contribution is -2.37. The normalized spacial score (nSPS) is 11.2. The number of rotatable bonds is 7. The maximum atomic E-state index is 13.7. The van der Waals surface area contributed by atoms with E-state index in [1.165, 1.54) is 13.2 Å². The molecule has 0 aliphatic heterocycles. The first-order chi connectivity index (χ1) is 9.44. The third-order valence-electron chi connectivity index (χ3n) is 3.56. The number of anilines is 2. The average Bonchev–Trinajstić information content (AvgIpc) is 2.39. The number of nitrogens with zero attached hydrogens (tertiary/aromatic N) is 1. The Hall–Kier alpha value is -1.45. The van der Waals surface area contributed by atoms with Gasteiger partial charge >= 0.3 is 0 Å². The minimum absolute atomic E-state index is 0.244. The molecule has 0 radical (unpaired) electrons. The second-order valence-corrected chi connectivity index (χ2v) is 5.56. The summed E-state index contributed by atoms with van der Waals surface area (Å²) in [6.45, 7) is 9.57. The van der Waals surface area contributed by atoms with Crippen molar-refractivity contribution in [2.24, 2.45) is 5.92 Å². The molecule has 1 aromatic carbocycles. The van der Waals surface area contributed by atoms with Gasteiger partial charge in [0.05, 0.1) is 18.5 Å². The molecular formula is C16H27FN2O. The molecule has 3 nitrogen and oxygen atoms in total. The molecule has 0 saturated carbocycles. The smallest absolute Gasteiger partial charge is 0.167 e. The number of nitrogens with two attached hydrogens (primary N) is 1. The van der Waals surface area contributed by atoms with E-state index in [0.717, 1.165) is 25.1 Å². The third-order valence-corrected chi connectivity index (χ3v) is 3.56. The molecule has 1 rings (SSSR count). The van der Waals surface area contributed by atoms with Crippen molar-refractivity contribution in [3.8, 4) is 5.75 Å². The first-order valence-corrected chi connectivity index (χ1v) is 7.34. The van der Waals surface area contributed by atoms with E-state index in [-0.39, 0.29) is 5.75 Å². The highest BCUT2D eigenvalue weighted by atomic mass is 19.1. The minimum atomic E-state index is -0.414. The number of hydrogen-bond donors (Lipinski definition) is 1. The van der Waals surface area contributed by atoms with Crippen LogP contribution in [-0.4, -0.2) is 19.7 Å². The highest BCUT2D eigenvalue weighted by Crippen LogP contribution is 2.33. The number of methoxy groups -OCH3 is 1. The highest BCUT2D eigenvalue weighted by molar-refractivity contribution is 5.70. The molecule has 1 aromatic rings. The van der Waals surface area contributed by atoms with Gasteiger partial charge in [0.2, 0.25) is 0 Å². The Balaban J connectivity index is 3.25. The molecule has 20 heavy (non-hydrogen) atoms. The van der Waals surface area contributed by atoms with Crippen molar-refractivity contribution in [1.29, 1.82) is 0 Å². The van der Waals surface area contributed by atoms with E-state index in [9.17, 15) is 4.39 Å². The quantitative estimate of drug-likeness (QED) is 0.766. The Morgan fingerprint density at radius 1 is 1.25 bits per heavy atom. The van der Waals surface area contributed by atoms with Gasteiger partial charge in [0.1, 0.15) is 0 Å². The summed E-state index contributed by atoms with van der Waals surface area (Å²) >= 11 is 0. The van der Waals surface area contributed by atoms with E-state index in [1.807, 2.05) is 0 Å². The molecule has 0 spiro atoms. The zero-order valence-corrected chi connectivity index (χ0v) is 13.2. The van der Waals surface area contributed by atoms with Gasteiger partial charge in [0, 0.05) is 24.7 Å². The van der Waals surface area contributed by atoms with E-state index >= 15 is 0 Å². The summed E-state index contributed by atoms with van der Waals surface area (Å²) in [7, 11) is 1.47. The Morgan fingerprint density at radius 2 is 1.85 bits per heavy atom. The van der Waals surface area contributed by atoms with Crippen LogP contribution in [0.1, 0.15) is 40.5 Å². The summed E-state index contributed by atoms with van der Waals surface area (Å²) in [5.41, 5.74) is 7.37. The average molecular weight is 282 g/mol. The molecule has 0 aliphatic rings. The van der Waals surface area contributed by atoms with Gasteiger partial charge in [-0.25, -0.2) is 4.39 Å². The van der Waals surface area contributed by atoms with Gasteiger partial charge < -0.3 is 15.4 Å². The second-order valence-electron chi connectivity index (χ2n) is 5.56. The first kappa shape index (κ1) is 16.6. The zero-order chi connectivity index (χ0) is 15.3. The summed E-state index contributed by atoms with van der Waals surface area (Å²) in [6, 6.07) is 3.46. The van der Waals surface area contributed by atoms with Gasteiger partial charge in [-0.15, -0.1) is 0 Å². The van der Waals surface area contributed by atoms with Crippen molar-refractivity contribution >= 4 is 11.4 Å². The molecule has 0 bridgehead atoms. The molecule has 0 amide bonds. The van der Waals surface area contributed by atoms with Crippen LogP contribution in [0.4, 0.5) is 15.8 Å². The van der Waals surface area contributed by atoms with E-state index < -0.39 is 5.82 Å². The summed E-state index contributed by atoms with van der Waals surface area (Å²) in [6.07, 6.45) is 2.06. The lowest BCUT2D eigenvalue weighted by Gasteiger charge is -2.35. The number of halogens is 1. The van der Waals surface area contributed by atoms with Crippen LogP contribution in [-0.2, 0) is 0 Å². The molecule has 0 heterocycles. The number of benzene rings is 1. The van der Waals surface area contributed by atoms with Crippen LogP contribution < -0.4 is 15.4 Å². The van der Waals surface area contributed by atoms with Gasteiger partial charge in [-0.05, 0) is 18.8 Å². The maximum Gasteiger partial charge on any atom is 0.167 e. The van der Waals surface area contributed by atoms with Crippen LogP contribution in [0.25, 0.3) is 0 Å². The van der Waals surface area contributed by atoms with E-state index in [1.54, 1.807) is 6.07 Å². The van der Waals surface area contributed by atoms with Crippen LogP contribution in [0, 0.1) is 11.7 Å². The largest absolute Gasteiger partial charge is 0.494 e. The molecule has 0 saturated heterocycles. The Labute approximate surface area is 121 Å². The topological polar surface area (TPSA) is 38.5 Å². The Bertz CT molecular complexity index is 431. The molecule has 0 unspecified atom stereocenters. The van der Waals surface area contributed by atoms with Crippen molar-refractivity contribution in [3.63, 3.8) is 0 Å². The number of hydrogen-bond acceptors (Lipinski definition) is 3. The molecule has 114 valence electrons. The molecule has 4 heteroatoms. The minimum Gasteiger partial charge on any atom is -0.494 e. The molecule has 0 atom stereocenters. The fourth-order valence-electron chi connectivity index (χ4n) is 2.53. The van der Waals surface area contributed by atoms with Gasteiger partial charge in [0.25, 0.3) is 0 Å². The fraction of sp³-hybridized carbons (Fsp3) is 0.625. The standard InChI is InChI=1S/C16H27FN2O/c1-6-12(7-2)19(10-11(3)4)15-9-16(20-5)13(17)8-14(15)18/h8-9,11-12H,6-7,10,18H2,1-5H3. The Morgan fingerprint density at radius 3 is 2.30 bits per heavy atom. The lowest BCUT2D eigenvalue weighted by atomic mass is 10.1. The molecule has 0 fully saturated rings. The summed E-state index contributed by atoms with van der Waals surface area (Å²) in [5, 5.41) is 0. The van der Waals surface area contributed by atoms with Crippen LogP contribution in [0.3, 0.4) is 0 Å². The number of nitrogen functional groups attached to an aromatic ring is 1. The van der Waals surface area contributed by atoms with E-state index in [2.05, 4.69) is 32.6 Å². The van der Waals surface area contributed by atoms with E-state index in [4.69, 9.17) is 10.5 Å². The summed E-state index contributed by atoms with van der Waals surface area (Å²) in [4.78, 5) is 2.28. The van der Waals surface area contributed by atoms with Crippen LogP contribution in [0.5, 0.6) is 5.75 Å². The third kappa shape index (κ3) is 3.78. The van der Waals surface area contributed by atoms with Crippen LogP contribution in [0.2, 0.25) is 0 Å². The predicted octanol–water partition coefficient (Wildman–Crippen LogP) is 4.07. The van der Waals surface area contributed by atoms with Crippen molar-refractivity contribution in [2.75, 3.05) is 24.3 Å². The van der Waals surface area contributed by atoms with Gasteiger partial charge in [-0.1, -0.05) is 27.7 Å². The Kier molecular flexibility index (Phi) is 6.11. The second kappa shape index (κ2) is 7.36. The summed E-state index contributed by atoms with van der Waals surface area (Å²) in [5.74, 6) is 0.336. The molecule has 0 aliphatic carbocycles. The lowest BCUT2D eigenvalue weighted by molar-refractivity contribution is 0.386. The van der Waals surface area contributed by atoms with Crippen LogP contribution >= 0.6 is 0 Å². The SMILES string of the molecule is CCC(CC)N(CC(C)C)c1cc(OC)c(F)cc1N. The predicted molar refractivity (Wildman–Crippen MR) is 83.9 cm³/mol. The van der Waals surface area contributed by atoms with Crippen molar-refractivity contribution in [2.45, 2.75) is 46.6 Å². The van der Waals surface area contributed by atoms with Crippen molar-refractivity contribution < 1.29 is 9.13 Å². The highest BCUT2D eigenvalue weighted by Gasteiger charge is 2.21. The van der Waals surface area contributed by atoms with Crippen molar-refractivity contribution in [3.05, 3.63) is 17.9 Å². The summed E-state index contributed by atoms with van der Waals surface area (Å²) < 4.78 is 18.8. The van der Waals surface area contributed by atoms with Gasteiger partial charge in [-0.3, -0.25) is 0 Å². The molecular weight excluding hydrogens is 255 g/mol.